The van der Waals surface area contributed by atoms with Crippen LogP contribution in [0, 0.1) is 6.92 Å². The number of carbonyl (C=O) groups is 1. The number of pyridine rings is 1. The molecule has 4 heterocycles. The van der Waals surface area contributed by atoms with Crippen molar-refractivity contribution in [2.24, 2.45) is 0 Å². The van der Waals surface area contributed by atoms with Gasteiger partial charge in [0.1, 0.15) is 11.6 Å². The zero-order chi connectivity index (χ0) is 20.9. The van der Waals surface area contributed by atoms with Crippen molar-refractivity contribution in [2.75, 3.05) is 38.3 Å². The van der Waals surface area contributed by atoms with E-state index in [1.165, 1.54) is 5.56 Å². The van der Waals surface area contributed by atoms with Crippen molar-refractivity contribution in [3.63, 3.8) is 0 Å². The first kappa shape index (κ1) is 20.7. The molecule has 0 aromatic carbocycles. The smallest absolute Gasteiger partial charge is 0.224 e. The number of piperidine rings is 1. The lowest BCUT2D eigenvalue weighted by atomic mass is 9.94. The summed E-state index contributed by atoms with van der Waals surface area (Å²) in [6, 6.07) is 6.05. The van der Waals surface area contributed by atoms with Crippen molar-refractivity contribution in [3.05, 3.63) is 47.2 Å². The quantitative estimate of drug-likeness (QED) is 0.731. The molecular formula is C23H31N5O2. The highest BCUT2D eigenvalue weighted by Crippen LogP contribution is 2.32. The molecule has 2 aliphatic heterocycles. The predicted molar refractivity (Wildman–Crippen MR) is 115 cm³/mol. The van der Waals surface area contributed by atoms with E-state index in [1.54, 1.807) is 7.11 Å². The minimum Gasteiger partial charge on any atom is -0.384 e. The number of likely N-dealkylation sites (tertiary alicyclic amines) is 1. The van der Waals surface area contributed by atoms with Crippen LogP contribution < -0.4 is 4.90 Å². The molecule has 1 saturated heterocycles. The van der Waals surface area contributed by atoms with Crippen molar-refractivity contribution in [1.29, 1.82) is 0 Å². The Bertz CT molecular complexity index is 865. The van der Waals surface area contributed by atoms with Crippen LogP contribution >= 0.6 is 0 Å². The van der Waals surface area contributed by atoms with Crippen LogP contribution in [0.2, 0.25) is 0 Å². The van der Waals surface area contributed by atoms with E-state index in [-0.39, 0.29) is 5.91 Å². The highest BCUT2D eigenvalue weighted by molar-refractivity contribution is 5.76. The summed E-state index contributed by atoms with van der Waals surface area (Å²) in [4.78, 5) is 31.0. The van der Waals surface area contributed by atoms with E-state index in [0.717, 1.165) is 74.9 Å². The Morgan fingerprint density at radius 1 is 1.20 bits per heavy atom. The third-order valence-electron chi connectivity index (χ3n) is 6.18. The van der Waals surface area contributed by atoms with E-state index in [9.17, 15) is 4.79 Å². The molecule has 0 bridgehead atoms. The molecule has 2 aromatic rings. The normalized spacial score (nSPS) is 17.1. The van der Waals surface area contributed by atoms with Gasteiger partial charge < -0.3 is 14.5 Å². The van der Waals surface area contributed by atoms with Gasteiger partial charge in [0.15, 0.2) is 0 Å². The predicted octanol–water partition coefficient (Wildman–Crippen LogP) is 2.88. The van der Waals surface area contributed by atoms with E-state index in [2.05, 4.69) is 22.9 Å². The Morgan fingerprint density at radius 3 is 2.77 bits per heavy atom. The van der Waals surface area contributed by atoms with Gasteiger partial charge in [0.2, 0.25) is 5.91 Å². The van der Waals surface area contributed by atoms with Gasteiger partial charge in [0.05, 0.1) is 25.3 Å². The second-order valence-corrected chi connectivity index (χ2v) is 8.21. The minimum atomic E-state index is 0.180. The third-order valence-corrected chi connectivity index (χ3v) is 6.18. The molecule has 2 aliphatic rings. The molecule has 0 unspecified atom stereocenters. The fourth-order valence-corrected chi connectivity index (χ4v) is 4.47. The van der Waals surface area contributed by atoms with Crippen molar-refractivity contribution < 1.29 is 9.53 Å². The van der Waals surface area contributed by atoms with E-state index in [0.29, 0.717) is 18.9 Å². The topological polar surface area (TPSA) is 71.5 Å². The average molecular weight is 410 g/mol. The summed E-state index contributed by atoms with van der Waals surface area (Å²) < 4.78 is 5.04. The molecule has 1 fully saturated rings. The zero-order valence-electron chi connectivity index (χ0n) is 18.0. The number of nitrogens with zero attached hydrogens (tertiary/aromatic N) is 5. The summed E-state index contributed by atoms with van der Waals surface area (Å²) in [5.41, 5.74) is 3.43. The summed E-state index contributed by atoms with van der Waals surface area (Å²) in [5, 5.41) is 0. The summed E-state index contributed by atoms with van der Waals surface area (Å²) >= 11 is 0. The van der Waals surface area contributed by atoms with Crippen LogP contribution in [-0.2, 0) is 22.5 Å². The van der Waals surface area contributed by atoms with Gasteiger partial charge in [-0.25, -0.2) is 9.97 Å². The molecule has 160 valence electrons. The van der Waals surface area contributed by atoms with Gasteiger partial charge in [0.25, 0.3) is 0 Å². The van der Waals surface area contributed by atoms with Crippen molar-refractivity contribution in [3.8, 4) is 0 Å². The van der Waals surface area contributed by atoms with Crippen LogP contribution in [0.15, 0.2) is 24.4 Å². The van der Waals surface area contributed by atoms with Gasteiger partial charge >= 0.3 is 0 Å². The number of aromatic nitrogens is 3. The lowest BCUT2D eigenvalue weighted by Crippen LogP contribution is -2.39. The lowest BCUT2D eigenvalue weighted by Gasteiger charge is -2.34. The number of methoxy groups -OCH3 is 1. The highest BCUT2D eigenvalue weighted by Gasteiger charge is 2.28. The zero-order valence-corrected chi connectivity index (χ0v) is 18.0. The minimum absolute atomic E-state index is 0.180. The fourth-order valence-electron chi connectivity index (χ4n) is 4.47. The standard InChI is InChI=1S/C23H31N5O2/c1-17-20-7-5-12-28(16-19-6-3-4-11-24-19)23(20)26-22(25-17)18-8-13-27(14-9-18)21(29)10-15-30-2/h3-4,6,11,18H,5,7-10,12-16H2,1-2H3. The van der Waals surface area contributed by atoms with E-state index < -0.39 is 0 Å². The highest BCUT2D eigenvalue weighted by atomic mass is 16.5. The van der Waals surface area contributed by atoms with Gasteiger partial charge in [-0.05, 0) is 44.7 Å². The first-order valence-electron chi connectivity index (χ1n) is 10.9. The molecule has 4 rings (SSSR count). The average Bonchev–Trinajstić information content (AvgIpc) is 2.78. The number of fused-ring (bicyclic) bond motifs is 1. The van der Waals surface area contributed by atoms with Gasteiger partial charge in [-0.1, -0.05) is 6.07 Å². The summed E-state index contributed by atoms with van der Waals surface area (Å²) in [5.74, 6) is 2.50. The molecule has 30 heavy (non-hydrogen) atoms. The summed E-state index contributed by atoms with van der Waals surface area (Å²) in [6.45, 7) is 5.90. The lowest BCUT2D eigenvalue weighted by molar-refractivity contribution is -0.133. The first-order chi connectivity index (χ1) is 14.7. The van der Waals surface area contributed by atoms with Crippen LogP contribution in [0.4, 0.5) is 5.82 Å². The number of aryl methyl sites for hydroxylation is 1. The van der Waals surface area contributed by atoms with Gasteiger partial charge in [-0.3, -0.25) is 9.78 Å². The number of hydrogen-bond acceptors (Lipinski definition) is 6. The second-order valence-electron chi connectivity index (χ2n) is 8.21. The molecule has 2 aromatic heterocycles. The molecule has 0 saturated carbocycles. The summed E-state index contributed by atoms with van der Waals surface area (Å²) in [7, 11) is 1.63. The Balaban J connectivity index is 1.49. The Morgan fingerprint density at radius 2 is 2.03 bits per heavy atom. The van der Waals surface area contributed by atoms with Gasteiger partial charge in [0, 0.05) is 50.1 Å². The van der Waals surface area contributed by atoms with E-state index in [4.69, 9.17) is 14.7 Å². The Kier molecular flexibility index (Phi) is 6.57. The monoisotopic (exact) mass is 409 g/mol. The van der Waals surface area contributed by atoms with Gasteiger partial charge in [-0.2, -0.15) is 0 Å². The molecule has 0 atom stereocenters. The Hall–Kier alpha value is -2.54. The molecule has 0 spiro atoms. The first-order valence-corrected chi connectivity index (χ1v) is 10.9. The maximum atomic E-state index is 12.3. The van der Waals surface area contributed by atoms with Crippen molar-refractivity contribution >= 4 is 11.7 Å². The van der Waals surface area contributed by atoms with Gasteiger partial charge in [-0.15, -0.1) is 0 Å². The maximum absolute atomic E-state index is 12.3. The number of carbonyl (C=O) groups excluding carboxylic acids is 1. The Labute approximate surface area is 178 Å². The molecule has 1 amide bonds. The van der Waals surface area contributed by atoms with E-state index in [1.807, 2.05) is 23.2 Å². The molecule has 7 heteroatoms. The maximum Gasteiger partial charge on any atom is 0.224 e. The third kappa shape index (κ3) is 4.61. The second kappa shape index (κ2) is 9.51. The van der Waals surface area contributed by atoms with Crippen LogP contribution in [-0.4, -0.2) is 59.1 Å². The molecular weight excluding hydrogens is 378 g/mol. The van der Waals surface area contributed by atoms with Crippen LogP contribution in [0.1, 0.15) is 54.4 Å². The number of ether oxygens (including phenoxy) is 1. The number of hydrogen-bond donors (Lipinski definition) is 0. The molecule has 0 radical (unpaired) electrons. The SMILES string of the molecule is COCCC(=O)N1CCC(c2nc(C)c3c(n2)N(Cc2ccccn2)CCC3)CC1. The summed E-state index contributed by atoms with van der Waals surface area (Å²) in [6.07, 6.45) is 6.28. The number of anilines is 1. The van der Waals surface area contributed by atoms with Crippen LogP contribution in [0.3, 0.4) is 0 Å². The largest absolute Gasteiger partial charge is 0.384 e. The van der Waals surface area contributed by atoms with Crippen molar-refractivity contribution in [1.82, 2.24) is 19.9 Å². The van der Waals surface area contributed by atoms with Crippen LogP contribution in [0.5, 0.6) is 0 Å². The molecule has 0 N–H and O–H groups in total. The fraction of sp³-hybridized carbons (Fsp3) is 0.565. The molecule has 0 aliphatic carbocycles. The number of amides is 1. The van der Waals surface area contributed by atoms with Crippen molar-refractivity contribution in [2.45, 2.75) is 51.5 Å². The van der Waals surface area contributed by atoms with E-state index >= 15 is 0 Å². The number of rotatable bonds is 6. The molecule has 7 nitrogen and oxygen atoms in total. The van der Waals surface area contributed by atoms with Crippen LogP contribution in [0.25, 0.3) is 0 Å².